The molecular formula is C28H33ClN4O2. The predicted octanol–water partition coefficient (Wildman–Crippen LogP) is 5.61. The van der Waals surface area contributed by atoms with Crippen molar-refractivity contribution in [2.24, 2.45) is 5.92 Å². The molecule has 1 saturated carbocycles. The van der Waals surface area contributed by atoms with Gasteiger partial charge in [0.25, 0.3) is 5.91 Å². The standard InChI is InChI=1S/C28H33ClN4O2/c1-19(34)20-15-17-32(18-16-20)28(27(35)30-23-7-3-2-4-8-23)33-25-10-6-5-9-24(25)31-26(33)21-11-13-22(29)14-12-21/h5-6,9-14,20,23,28H,2-4,7-8,15-18H2,1H3,(H,30,35). The van der Waals surface area contributed by atoms with Crippen LogP contribution in [0, 0.1) is 5.92 Å². The van der Waals surface area contributed by atoms with Crippen molar-refractivity contribution < 1.29 is 9.59 Å². The molecule has 2 heterocycles. The molecule has 2 aliphatic rings. The fourth-order valence-electron chi connectivity index (χ4n) is 5.61. The summed E-state index contributed by atoms with van der Waals surface area (Å²) >= 11 is 6.17. The Morgan fingerprint density at radius 3 is 2.34 bits per heavy atom. The Morgan fingerprint density at radius 2 is 1.66 bits per heavy atom. The van der Waals surface area contributed by atoms with Crippen LogP contribution in [0.15, 0.2) is 48.5 Å². The zero-order chi connectivity index (χ0) is 24.4. The van der Waals surface area contributed by atoms with Gasteiger partial charge in [0.2, 0.25) is 0 Å². The number of Topliss-reactive ketones (excluding diaryl/α,β-unsaturated/α-hetero) is 1. The molecule has 1 saturated heterocycles. The molecule has 0 radical (unpaired) electrons. The van der Waals surface area contributed by atoms with Gasteiger partial charge >= 0.3 is 0 Å². The molecular weight excluding hydrogens is 460 g/mol. The van der Waals surface area contributed by atoms with Gasteiger partial charge < -0.3 is 5.32 Å². The quantitative estimate of drug-likeness (QED) is 0.486. The molecule has 1 aliphatic carbocycles. The zero-order valence-corrected chi connectivity index (χ0v) is 21.0. The maximum Gasteiger partial charge on any atom is 0.258 e. The molecule has 2 fully saturated rings. The third-order valence-electron chi connectivity index (χ3n) is 7.58. The fraction of sp³-hybridized carbons (Fsp3) is 0.464. The number of amides is 1. The van der Waals surface area contributed by atoms with Crippen LogP contribution in [0.1, 0.15) is 58.0 Å². The van der Waals surface area contributed by atoms with E-state index in [0.29, 0.717) is 18.1 Å². The highest BCUT2D eigenvalue weighted by Crippen LogP contribution is 2.33. The van der Waals surface area contributed by atoms with Crippen LogP contribution in [0.2, 0.25) is 5.02 Å². The second-order valence-corrected chi connectivity index (χ2v) is 10.4. The number of nitrogens with zero attached hydrogens (tertiary/aromatic N) is 3. The first kappa shape index (κ1) is 24.0. The first-order chi connectivity index (χ1) is 17.0. The van der Waals surface area contributed by atoms with Crippen molar-refractivity contribution in [3.8, 4) is 11.4 Å². The summed E-state index contributed by atoms with van der Waals surface area (Å²) in [6.07, 6.45) is 6.60. The monoisotopic (exact) mass is 492 g/mol. The molecule has 0 bridgehead atoms. The smallest absolute Gasteiger partial charge is 0.258 e. The summed E-state index contributed by atoms with van der Waals surface area (Å²) in [6.45, 7) is 3.06. The maximum atomic E-state index is 14.0. The maximum absolute atomic E-state index is 14.0. The van der Waals surface area contributed by atoms with E-state index >= 15 is 0 Å². The molecule has 1 atom stereocenters. The molecule has 1 aromatic heterocycles. The van der Waals surface area contributed by atoms with Crippen molar-refractivity contribution in [1.29, 1.82) is 0 Å². The van der Waals surface area contributed by atoms with Gasteiger partial charge in [0, 0.05) is 35.6 Å². The van der Waals surface area contributed by atoms with Gasteiger partial charge in [-0.3, -0.25) is 19.1 Å². The highest BCUT2D eigenvalue weighted by atomic mass is 35.5. The molecule has 3 aromatic rings. The molecule has 0 spiro atoms. The molecule has 1 aliphatic heterocycles. The van der Waals surface area contributed by atoms with E-state index in [1.807, 2.05) is 48.5 Å². The lowest BCUT2D eigenvalue weighted by atomic mass is 9.93. The van der Waals surface area contributed by atoms with Crippen LogP contribution in [0.25, 0.3) is 22.4 Å². The second-order valence-electron chi connectivity index (χ2n) is 9.94. The largest absolute Gasteiger partial charge is 0.350 e. The average Bonchev–Trinajstić information content (AvgIpc) is 3.25. The SMILES string of the molecule is CC(=O)C1CCN(C(C(=O)NC2CCCCC2)n2c(-c3ccc(Cl)cc3)nc3ccccc32)CC1. The first-order valence-corrected chi connectivity index (χ1v) is 13.2. The molecule has 6 nitrogen and oxygen atoms in total. The van der Waals surface area contributed by atoms with Crippen LogP contribution >= 0.6 is 11.6 Å². The van der Waals surface area contributed by atoms with E-state index in [1.54, 1.807) is 6.92 Å². The van der Waals surface area contributed by atoms with E-state index in [-0.39, 0.29) is 23.7 Å². The number of likely N-dealkylation sites (tertiary alicyclic amines) is 1. The van der Waals surface area contributed by atoms with Gasteiger partial charge in [0.05, 0.1) is 11.0 Å². The van der Waals surface area contributed by atoms with Gasteiger partial charge in [-0.1, -0.05) is 43.0 Å². The van der Waals surface area contributed by atoms with Gasteiger partial charge in [-0.25, -0.2) is 4.98 Å². The number of nitrogens with one attached hydrogen (secondary N) is 1. The van der Waals surface area contributed by atoms with E-state index < -0.39 is 6.17 Å². The molecule has 35 heavy (non-hydrogen) atoms. The van der Waals surface area contributed by atoms with Crippen LogP contribution in [-0.4, -0.2) is 45.3 Å². The minimum atomic E-state index is -0.539. The Morgan fingerprint density at radius 1 is 0.971 bits per heavy atom. The number of benzene rings is 2. The Hall–Kier alpha value is -2.70. The topological polar surface area (TPSA) is 67.2 Å². The van der Waals surface area contributed by atoms with Crippen molar-refractivity contribution >= 4 is 34.3 Å². The lowest BCUT2D eigenvalue weighted by molar-refractivity contribution is -0.132. The molecule has 2 aromatic carbocycles. The zero-order valence-electron chi connectivity index (χ0n) is 20.3. The summed E-state index contributed by atoms with van der Waals surface area (Å²) in [5.41, 5.74) is 2.70. The van der Waals surface area contributed by atoms with E-state index in [2.05, 4.69) is 14.8 Å². The summed E-state index contributed by atoms with van der Waals surface area (Å²) < 4.78 is 2.09. The van der Waals surface area contributed by atoms with E-state index in [9.17, 15) is 9.59 Å². The van der Waals surface area contributed by atoms with E-state index in [0.717, 1.165) is 60.9 Å². The van der Waals surface area contributed by atoms with Crippen LogP contribution < -0.4 is 5.32 Å². The Kier molecular flexibility index (Phi) is 7.21. The molecule has 7 heteroatoms. The Balaban J connectivity index is 1.58. The molecule has 1 amide bonds. The van der Waals surface area contributed by atoms with Crippen LogP contribution in [0.5, 0.6) is 0 Å². The normalized spacial score (nSPS) is 19.0. The van der Waals surface area contributed by atoms with E-state index in [4.69, 9.17) is 16.6 Å². The minimum Gasteiger partial charge on any atom is -0.350 e. The van der Waals surface area contributed by atoms with Crippen molar-refractivity contribution in [2.75, 3.05) is 13.1 Å². The van der Waals surface area contributed by atoms with Gasteiger partial charge in [-0.15, -0.1) is 0 Å². The number of rotatable bonds is 6. The third-order valence-corrected chi connectivity index (χ3v) is 7.83. The number of imidazole rings is 1. The average molecular weight is 493 g/mol. The number of para-hydroxylation sites is 2. The molecule has 184 valence electrons. The minimum absolute atomic E-state index is 0.0107. The van der Waals surface area contributed by atoms with Gasteiger partial charge in [0.15, 0.2) is 6.17 Å². The third kappa shape index (κ3) is 5.14. The summed E-state index contributed by atoms with van der Waals surface area (Å²) in [6, 6.07) is 15.8. The van der Waals surface area contributed by atoms with Crippen molar-refractivity contribution in [3.05, 3.63) is 53.6 Å². The van der Waals surface area contributed by atoms with Crippen molar-refractivity contribution in [1.82, 2.24) is 19.8 Å². The summed E-state index contributed by atoms with van der Waals surface area (Å²) in [4.78, 5) is 33.2. The van der Waals surface area contributed by atoms with Crippen molar-refractivity contribution in [2.45, 2.75) is 64.1 Å². The number of aromatic nitrogens is 2. The number of carbonyl (C=O) groups excluding carboxylic acids is 2. The van der Waals surface area contributed by atoms with Gasteiger partial charge in [-0.2, -0.15) is 0 Å². The molecule has 5 rings (SSSR count). The number of hydrogen-bond acceptors (Lipinski definition) is 4. The van der Waals surface area contributed by atoms with Crippen LogP contribution in [-0.2, 0) is 9.59 Å². The number of fused-ring (bicyclic) bond motifs is 1. The highest BCUT2D eigenvalue weighted by Gasteiger charge is 2.36. The van der Waals surface area contributed by atoms with Crippen molar-refractivity contribution in [3.63, 3.8) is 0 Å². The van der Waals surface area contributed by atoms with Crippen LogP contribution in [0.4, 0.5) is 0 Å². The fourth-order valence-corrected chi connectivity index (χ4v) is 5.74. The van der Waals surface area contributed by atoms with Gasteiger partial charge in [-0.05, 0) is 69.0 Å². The number of hydrogen-bond donors (Lipinski definition) is 1. The Bertz CT molecular complexity index is 1190. The van der Waals surface area contributed by atoms with Crippen LogP contribution in [0.3, 0.4) is 0 Å². The molecule has 1 N–H and O–H groups in total. The number of carbonyl (C=O) groups is 2. The predicted molar refractivity (Wildman–Crippen MR) is 139 cm³/mol. The summed E-state index contributed by atoms with van der Waals surface area (Å²) in [7, 11) is 0. The lowest BCUT2D eigenvalue weighted by Crippen LogP contribution is -2.50. The Labute approximate surface area is 211 Å². The molecule has 1 unspecified atom stereocenters. The number of ketones is 1. The lowest BCUT2D eigenvalue weighted by Gasteiger charge is -2.38. The number of halogens is 1. The number of piperidine rings is 1. The summed E-state index contributed by atoms with van der Waals surface area (Å²) in [5, 5.41) is 4.04. The van der Waals surface area contributed by atoms with Gasteiger partial charge in [0.1, 0.15) is 11.6 Å². The van der Waals surface area contributed by atoms with E-state index in [1.165, 1.54) is 6.42 Å². The second kappa shape index (κ2) is 10.5. The highest BCUT2D eigenvalue weighted by molar-refractivity contribution is 6.30. The summed E-state index contributed by atoms with van der Waals surface area (Å²) in [5.74, 6) is 1.07. The first-order valence-electron chi connectivity index (χ1n) is 12.8.